The summed E-state index contributed by atoms with van der Waals surface area (Å²) in [5.74, 6) is 0.946. The van der Waals surface area contributed by atoms with Crippen LogP contribution in [0.2, 0.25) is 0 Å². The van der Waals surface area contributed by atoms with E-state index in [9.17, 15) is 0 Å². The number of hydrogen-bond donors (Lipinski definition) is 1. The highest BCUT2D eigenvalue weighted by Crippen LogP contribution is 2.27. The first-order valence-electron chi connectivity index (χ1n) is 6.80. The van der Waals surface area contributed by atoms with Crippen LogP contribution in [0.15, 0.2) is 42.5 Å². The predicted octanol–water partition coefficient (Wildman–Crippen LogP) is 4.67. The summed E-state index contributed by atoms with van der Waals surface area (Å²) in [5, 5.41) is 0. The van der Waals surface area contributed by atoms with Gasteiger partial charge in [0.05, 0.1) is 6.61 Å². The lowest BCUT2D eigenvalue weighted by Gasteiger charge is -2.09. The van der Waals surface area contributed by atoms with Gasteiger partial charge in [0, 0.05) is 5.69 Å². The predicted molar refractivity (Wildman–Crippen MR) is 83.5 cm³/mol. The molecule has 0 aliphatic carbocycles. The summed E-state index contributed by atoms with van der Waals surface area (Å²) in [6.07, 6.45) is 0. The number of benzene rings is 2. The Kier molecular flexibility index (Phi) is 5.94. The monoisotopic (exact) mass is 257 g/mol. The maximum absolute atomic E-state index is 5.68. The molecule has 2 aromatic carbocycles. The SMILES string of the molecule is CC.CCOc1cc(-c2ccc(N)cc2)ccc1C. The molecule has 0 aromatic heterocycles. The Morgan fingerprint density at radius 2 is 1.53 bits per heavy atom. The minimum absolute atomic E-state index is 0.687. The van der Waals surface area contributed by atoms with Crippen LogP contribution in [0.4, 0.5) is 5.69 Å². The van der Waals surface area contributed by atoms with Crippen LogP contribution in [0, 0.1) is 6.92 Å². The van der Waals surface area contributed by atoms with Gasteiger partial charge in [0.25, 0.3) is 0 Å². The Hall–Kier alpha value is -1.96. The molecule has 2 nitrogen and oxygen atoms in total. The third-order valence-electron chi connectivity index (χ3n) is 2.73. The molecule has 0 atom stereocenters. The second-order valence-electron chi connectivity index (χ2n) is 4.04. The summed E-state index contributed by atoms with van der Waals surface area (Å²) >= 11 is 0. The van der Waals surface area contributed by atoms with E-state index in [4.69, 9.17) is 10.5 Å². The summed E-state index contributed by atoms with van der Waals surface area (Å²) in [4.78, 5) is 0. The van der Waals surface area contributed by atoms with E-state index in [0.29, 0.717) is 6.61 Å². The maximum Gasteiger partial charge on any atom is 0.122 e. The van der Waals surface area contributed by atoms with Gasteiger partial charge < -0.3 is 10.5 Å². The van der Waals surface area contributed by atoms with Crippen molar-refractivity contribution in [3.05, 3.63) is 48.0 Å². The van der Waals surface area contributed by atoms with Gasteiger partial charge in [-0.1, -0.05) is 38.1 Å². The van der Waals surface area contributed by atoms with Crippen LogP contribution in [-0.4, -0.2) is 6.61 Å². The second kappa shape index (κ2) is 7.47. The number of ether oxygens (including phenoxy) is 1. The lowest BCUT2D eigenvalue weighted by atomic mass is 10.0. The number of nitrogens with two attached hydrogens (primary N) is 1. The fourth-order valence-corrected chi connectivity index (χ4v) is 1.77. The minimum atomic E-state index is 0.687. The first kappa shape index (κ1) is 15.1. The lowest BCUT2D eigenvalue weighted by molar-refractivity contribution is 0.338. The zero-order chi connectivity index (χ0) is 14.3. The Morgan fingerprint density at radius 1 is 0.947 bits per heavy atom. The number of rotatable bonds is 3. The van der Waals surface area contributed by atoms with Gasteiger partial charge in [-0.3, -0.25) is 0 Å². The number of nitrogen functional groups attached to an aromatic ring is 1. The zero-order valence-corrected chi connectivity index (χ0v) is 12.2. The molecule has 0 spiro atoms. The van der Waals surface area contributed by atoms with E-state index in [0.717, 1.165) is 28.1 Å². The van der Waals surface area contributed by atoms with Crippen molar-refractivity contribution < 1.29 is 4.74 Å². The van der Waals surface area contributed by atoms with Gasteiger partial charge in [-0.25, -0.2) is 0 Å². The summed E-state index contributed by atoms with van der Waals surface area (Å²) in [7, 11) is 0. The van der Waals surface area contributed by atoms with Gasteiger partial charge >= 0.3 is 0 Å². The van der Waals surface area contributed by atoms with E-state index in [1.54, 1.807) is 0 Å². The molecule has 19 heavy (non-hydrogen) atoms. The first-order chi connectivity index (χ1) is 9.20. The average molecular weight is 257 g/mol. The molecule has 0 saturated carbocycles. The number of anilines is 1. The van der Waals surface area contributed by atoms with Crippen molar-refractivity contribution in [2.45, 2.75) is 27.7 Å². The summed E-state index contributed by atoms with van der Waals surface area (Å²) < 4.78 is 5.60. The summed E-state index contributed by atoms with van der Waals surface area (Å²) in [6, 6.07) is 14.1. The largest absolute Gasteiger partial charge is 0.494 e. The van der Waals surface area contributed by atoms with Crippen LogP contribution in [0.25, 0.3) is 11.1 Å². The highest BCUT2D eigenvalue weighted by Gasteiger charge is 2.03. The molecule has 0 saturated heterocycles. The molecule has 0 heterocycles. The minimum Gasteiger partial charge on any atom is -0.494 e. The highest BCUT2D eigenvalue weighted by molar-refractivity contribution is 5.67. The van der Waals surface area contributed by atoms with Crippen LogP contribution < -0.4 is 10.5 Å². The van der Waals surface area contributed by atoms with Crippen molar-refractivity contribution in [2.24, 2.45) is 0 Å². The van der Waals surface area contributed by atoms with E-state index in [-0.39, 0.29) is 0 Å². The van der Waals surface area contributed by atoms with Gasteiger partial charge in [-0.05, 0) is 48.7 Å². The van der Waals surface area contributed by atoms with Crippen molar-refractivity contribution in [3.8, 4) is 16.9 Å². The Labute approximate surface area is 116 Å². The van der Waals surface area contributed by atoms with Gasteiger partial charge in [-0.15, -0.1) is 0 Å². The highest BCUT2D eigenvalue weighted by atomic mass is 16.5. The van der Waals surface area contributed by atoms with Crippen molar-refractivity contribution in [1.82, 2.24) is 0 Å². The van der Waals surface area contributed by atoms with E-state index in [1.807, 2.05) is 45.0 Å². The third-order valence-corrected chi connectivity index (χ3v) is 2.73. The van der Waals surface area contributed by atoms with Crippen molar-refractivity contribution in [2.75, 3.05) is 12.3 Å². The van der Waals surface area contributed by atoms with Crippen LogP contribution in [-0.2, 0) is 0 Å². The normalized spacial score (nSPS) is 9.47. The molecule has 0 bridgehead atoms. The van der Waals surface area contributed by atoms with Crippen molar-refractivity contribution >= 4 is 5.69 Å². The molecular weight excluding hydrogens is 234 g/mol. The fraction of sp³-hybridized carbons (Fsp3) is 0.294. The van der Waals surface area contributed by atoms with Gasteiger partial charge in [0.1, 0.15) is 5.75 Å². The molecule has 0 unspecified atom stereocenters. The van der Waals surface area contributed by atoms with Gasteiger partial charge in [-0.2, -0.15) is 0 Å². The van der Waals surface area contributed by atoms with Crippen LogP contribution >= 0.6 is 0 Å². The Morgan fingerprint density at radius 3 is 2.11 bits per heavy atom. The van der Waals surface area contributed by atoms with E-state index >= 15 is 0 Å². The standard InChI is InChI=1S/C15H17NO.C2H6/c1-3-17-15-10-13(5-4-11(15)2)12-6-8-14(16)9-7-12;1-2/h4-10H,3,16H2,1-2H3;1-2H3. The quantitative estimate of drug-likeness (QED) is 0.811. The molecule has 0 aliphatic heterocycles. The molecule has 2 heteroatoms. The Balaban J connectivity index is 0.000000861. The van der Waals surface area contributed by atoms with E-state index < -0.39 is 0 Å². The third kappa shape index (κ3) is 4.02. The molecule has 2 rings (SSSR count). The van der Waals surface area contributed by atoms with E-state index in [1.165, 1.54) is 0 Å². The number of hydrogen-bond acceptors (Lipinski definition) is 2. The zero-order valence-electron chi connectivity index (χ0n) is 12.2. The Bertz CT molecular complexity index is 503. The second-order valence-corrected chi connectivity index (χ2v) is 4.04. The van der Waals surface area contributed by atoms with Crippen molar-refractivity contribution in [1.29, 1.82) is 0 Å². The average Bonchev–Trinajstić information content (AvgIpc) is 2.45. The van der Waals surface area contributed by atoms with Gasteiger partial charge in [0.2, 0.25) is 0 Å². The number of aryl methyl sites for hydroxylation is 1. The lowest BCUT2D eigenvalue weighted by Crippen LogP contribution is -1.94. The van der Waals surface area contributed by atoms with Crippen LogP contribution in [0.5, 0.6) is 5.75 Å². The fourth-order valence-electron chi connectivity index (χ4n) is 1.77. The maximum atomic E-state index is 5.68. The van der Waals surface area contributed by atoms with E-state index in [2.05, 4.69) is 25.1 Å². The molecule has 102 valence electrons. The molecule has 2 N–H and O–H groups in total. The molecule has 0 fully saturated rings. The van der Waals surface area contributed by atoms with Gasteiger partial charge in [0.15, 0.2) is 0 Å². The summed E-state index contributed by atoms with van der Waals surface area (Å²) in [5.41, 5.74) is 9.93. The van der Waals surface area contributed by atoms with Crippen molar-refractivity contribution in [3.63, 3.8) is 0 Å². The molecule has 2 aromatic rings. The smallest absolute Gasteiger partial charge is 0.122 e. The van der Waals surface area contributed by atoms with Crippen LogP contribution in [0.1, 0.15) is 26.3 Å². The topological polar surface area (TPSA) is 35.2 Å². The first-order valence-corrected chi connectivity index (χ1v) is 6.80. The molecule has 0 aliphatic rings. The van der Waals surface area contributed by atoms with Crippen LogP contribution in [0.3, 0.4) is 0 Å². The molecule has 0 radical (unpaired) electrons. The summed E-state index contributed by atoms with van der Waals surface area (Å²) in [6.45, 7) is 8.74. The molecule has 0 amide bonds. The molecular formula is C17H23NO.